The first-order valence-corrected chi connectivity index (χ1v) is 11.7. The number of nitrogens with one attached hydrogen (secondary N) is 2. The van der Waals surface area contributed by atoms with Crippen LogP contribution < -0.4 is 10.0 Å². The molecule has 1 aromatic carbocycles. The highest BCUT2D eigenvalue weighted by Gasteiger charge is 2.27. The molecule has 0 spiro atoms. The van der Waals surface area contributed by atoms with Crippen LogP contribution >= 0.6 is 11.8 Å². The van der Waals surface area contributed by atoms with Crippen LogP contribution in [0.3, 0.4) is 0 Å². The Morgan fingerprint density at radius 1 is 1.35 bits per heavy atom. The SMILES string of the molecule is CN=C(NCC(C)(C)NS(C)(=O)=O)N1CCC(CSc2ccccc2)C1. The zero-order valence-corrected chi connectivity index (χ0v) is 17.7. The molecule has 26 heavy (non-hydrogen) atoms. The van der Waals surface area contributed by atoms with Gasteiger partial charge < -0.3 is 10.2 Å². The van der Waals surface area contributed by atoms with E-state index in [1.165, 1.54) is 11.2 Å². The molecule has 2 rings (SSSR count). The highest BCUT2D eigenvalue weighted by molar-refractivity contribution is 7.99. The van der Waals surface area contributed by atoms with E-state index < -0.39 is 15.6 Å². The summed E-state index contributed by atoms with van der Waals surface area (Å²) in [5.74, 6) is 2.56. The van der Waals surface area contributed by atoms with Crippen LogP contribution in [0.2, 0.25) is 0 Å². The van der Waals surface area contributed by atoms with Gasteiger partial charge in [-0.25, -0.2) is 13.1 Å². The Morgan fingerprint density at radius 2 is 2.04 bits per heavy atom. The van der Waals surface area contributed by atoms with Crippen molar-refractivity contribution in [3.63, 3.8) is 0 Å². The predicted octanol–water partition coefficient (Wildman–Crippen LogP) is 2.00. The molecule has 146 valence electrons. The molecule has 0 saturated carbocycles. The molecule has 8 heteroatoms. The Morgan fingerprint density at radius 3 is 2.65 bits per heavy atom. The zero-order valence-electron chi connectivity index (χ0n) is 16.0. The van der Waals surface area contributed by atoms with Gasteiger partial charge in [0.15, 0.2) is 5.96 Å². The maximum Gasteiger partial charge on any atom is 0.209 e. The zero-order chi connectivity index (χ0) is 19.2. The molecular formula is C18H30N4O2S2. The van der Waals surface area contributed by atoms with Crippen LogP contribution in [0.5, 0.6) is 0 Å². The van der Waals surface area contributed by atoms with Crippen LogP contribution in [0.25, 0.3) is 0 Å². The Hall–Kier alpha value is -1.25. The first-order chi connectivity index (χ1) is 12.2. The van der Waals surface area contributed by atoms with Gasteiger partial charge in [0.05, 0.1) is 6.26 Å². The number of likely N-dealkylation sites (tertiary alicyclic amines) is 1. The maximum atomic E-state index is 11.5. The smallest absolute Gasteiger partial charge is 0.209 e. The maximum absolute atomic E-state index is 11.5. The largest absolute Gasteiger partial charge is 0.354 e. The van der Waals surface area contributed by atoms with E-state index in [1.807, 2.05) is 31.7 Å². The van der Waals surface area contributed by atoms with Crippen LogP contribution in [0.4, 0.5) is 0 Å². The van der Waals surface area contributed by atoms with Gasteiger partial charge >= 0.3 is 0 Å². The number of thioether (sulfide) groups is 1. The van der Waals surface area contributed by atoms with Crippen molar-refractivity contribution < 1.29 is 8.42 Å². The first-order valence-electron chi connectivity index (χ1n) is 8.81. The average molecular weight is 399 g/mol. The number of sulfonamides is 1. The van der Waals surface area contributed by atoms with E-state index in [0.29, 0.717) is 12.5 Å². The van der Waals surface area contributed by atoms with Gasteiger partial charge in [0.2, 0.25) is 10.0 Å². The van der Waals surface area contributed by atoms with Crippen LogP contribution in [-0.4, -0.2) is 63.5 Å². The summed E-state index contributed by atoms with van der Waals surface area (Å²) in [6, 6.07) is 10.5. The number of aliphatic imine (C=N–C) groups is 1. The summed E-state index contributed by atoms with van der Waals surface area (Å²) in [6.07, 6.45) is 2.32. The fraction of sp³-hybridized carbons (Fsp3) is 0.611. The van der Waals surface area contributed by atoms with E-state index >= 15 is 0 Å². The fourth-order valence-corrected chi connectivity index (χ4v) is 5.19. The number of guanidine groups is 1. The topological polar surface area (TPSA) is 73.8 Å². The molecule has 6 nitrogen and oxygen atoms in total. The molecule has 1 aliphatic rings. The van der Waals surface area contributed by atoms with Gasteiger partial charge in [0.25, 0.3) is 0 Å². The minimum absolute atomic E-state index is 0.479. The van der Waals surface area contributed by atoms with E-state index in [4.69, 9.17) is 0 Å². The van der Waals surface area contributed by atoms with Gasteiger partial charge in [0, 0.05) is 42.9 Å². The van der Waals surface area contributed by atoms with Crippen molar-refractivity contribution in [2.75, 3.05) is 38.7 Å². The first kappa shape index (κ1) is 21.1. The molecule has 1 atom stereocenters. The van der Waals surface area contributed by atoms with Crippen LogP contribution in [-0.2, 0) is 10.0 Å². The number of nitrogens with zero attached hydrogens (tertiary/aromatic N) is 2. The second-order valence-electron chi connectivity index (χ2n) is 7.38. The van der Waals surface area contributed by atoms with Crippen LogP contribution in [0.15, 0.2) is 40.2 Å². The number of benzene rings is 1. The Balaban J connectivity index is 1.82. The van der Waals surface area contributed by atoms with E-state index in [9.17, 15) is 8.42 Å². The third kappa shape index (κ3) is 7.17. The molecule has 1 aliphatic heterocycles. The standard InChI is InChI=1S/C18H30N4O2S2/c1-18(2,21-26(4,23)24)14-20-17(19-3)22-11-10-15(12-22)13-25-16-8-6-5-7-9-16/h5-9,15,21H,10-14H2,1-4H3,(H,19,20). The van der Waals surface area contributed by atoms with Gasteiger partial charge in [-0.1, -0.05) is 18.2 Å². The van der Waals surface area contributed by atoms with Gasteiger partial charge in [-0.15, -0.1) is 11.8 Å². The fourth-order valence-electron chi connectivity index (χ4n) is 3.06. The molecule has 0 aromatic heterocycles. The lowest BCUT2D eigenvalue weighted by Crippen LogP contribution is -2.53. The molecule has 1 heterocycles. The summed E-state index contributed by atoms with van der Waals surface area (Å²) in [7, 11) is -1.47. The predicted molar refractivity (Wildman–Crippen MR) is 110 cm³/mol. The van der Waals surface area contributed by atoms with E-state index in [2.05, 4.69) is 44.2 Å². The third-order valence-corrected chi connectivity index (χ3v) is 6.34. The van der Waals surface area contributed by atoms with Crippen LogP contribution in [0.1, 0.15) is 20.3 Å². The molecule has 1 saturated heterocycles. The summed E-state index contributed by atoms with van der Waals surface area (Å²) < 4.78 is 25.6. The van der Waals surface area contributed by atoms with E-state index in [0.717, 1.165) is 31.2 Å². The lowest BCUT2D eigenvalue weighted by molar-refractivity contribution is 0.422. The number of hydrogen-bond acceptors (Lipinski definition) is 4. The summed E-state index contributed by atoms with van der Waals surface area (Å²) >= 11 is 1.90. The minimum Gasteiger partial charge on any atom is -0.354 e. The highest BCUT2D eigenvalue weighted by atomic mass is 32.2. The minimum atomic E-state index is -3.24. The van der Waals surface area contributed by atoms with Crippen molar-refractivity contribution in [2.45, 2.75) is 30.7 Å². The molecule has 0 amide bonds. The highest BCUT2D eigenvalue weighted by Crippen LogP contribution is 2.25. The van der Waals surface area contributed by atoms with Crippen molar-refractivity contribution in [3.8, 4) is 0 Å². The van der Waals surface area contributed by atoms with Gasteiger partial charge in [-0.05, 0) is 38.3 Å². The van der Waals surface area contributed by atoms with Gasteiger partial charge in [0.1, 0.15) is 0 Å². The molecule has 0 aliphatic carbocycles. The second-order valence-corrected chi connectivity index (χ2v) is 10.2. The molecule has 1 unspecified atom stereocenters. The average Bonchev–Trinajstić information content (AvgIpc) is 3.01. The Bertz CT molecular complexity index is 705. The summed E-state index contributed by atoms with van der Waals surface area (Å²) in [4.78, 5) is 7.93. The lowest BCUT2D eigenvalue weighted by Gasteiger charge is -2.29. The Kier molecular flexibility index (Phi) is 7.37. The monoisotopic (exact) mass is 398 g/mol. The van der Waals surface area contributed by atoms with E-state index in [1.54, 1.807) is 7.05 Å². The molecule has 1 fully saturated rings. The van der Waals surface area contributed by atoms with Crippen molar-refractivity contribution >= 4 is 27.7 Å². The van der Waals surface area contributed by atoms with E-state index in [-0.39, 0.29) is 0 Å². The molecular weight excluding hydrogens is 368 g/mol. The molecule has 0 bridgehead atoms. The summed E-state index contributed by atoms with van der Waals surface area (Å²) in [5, 5.41) is 3.31. The summed E-state index contributed by atoms with van der Waals surface area (Å²) in [5.41, 5.74) is -0.578. The molecule has 1 aromatic rings. The number of rotatable bonds is 7. The quantitative estimate of drug-likeness (QED) is 0.418. The molecule has 2 N–H and O–H groups in total. The lowest BCUT2D eigenvalue weighted by atomic mass is 10.1. The van der Waals surface area contributed by atoms with Crippen molar-refractivity contribution in [1.82, 2.24) is 14.9 Å². The van der Waals surface area contributed by atoms with Gasteiger partial charge in [-0.2, -0.15) is 0 Å². The van der Waals surface area contributed by atoms with Gasteiger partial charge in [-0.3, -0.25) is 4.99 Å². The van der Waals surface area contributed by atoms with Crippen LogP contribution in [0, 0.1) is 5.92 Å². The van der Waals surface area contributed by atoms with Crippen molar-refractivity contribution in [3.05, 3.63) is 30.3 Å². The van der Waals surface area contributed by atoms with Crippen molar-refractivity contribution in [1.29, 1.82) is 0 Å². The Labute approximate surface area is 161 Å². The normalized spacial score (nSPS) is 19.0. The van der Waals surface area contributed by atoms with Crippen molar-refractivity contribution in [2.24, 2.45) is 10.9 Å². The number of hydrogen-bond donors (Lipinski definition) is 2. The molecule has 0 radical (unpaired) electrons. The second kappa shape index (κ2) is 9.10. The summed E-state index contributed by atoms with van der Waals surface area (Å²) in [6.45, 7) is 6.14. The third-order valence-electron chi connectivity index (χ3n) is 4.18.